The van der Waals surface area contributed by atoms with Gasteiger partial charge in [0.2, 0.25) is 9.50 Å². The highest BCUT2D eigenvalue weighted by molar-refractivity contribution is 7.14. The van der Waals surface area contributed by atoms with E-state index in [-0.39, 0.29) is 10.8 Å². The number of nitrogens with zero attached hydrogens (tertiary/aromatic N) is 2. The van der Waals surface area contributed by atoms with E-state index in [1.54, 1.807) is 0 Å². The van der Waals surface area contributed by atoms with E-state index in [4.69, 9.17) is 45.1 Å². The Balaban J connectivity index is 2.65. The third-order valence-electron chi connectivity index (χ3n) is 1.63. The van der Waals surface area contributed by atoms with Crippen molar-refractivity contribution in [2.45, 2.75) is 3.79 Å². The number of carbonyl (C=O) groups excluding carboxylic acids is 1. The van der Waals surface area contributed by atoms with Crippen molar-refractivity contribution >= 4 is 69.0 Å². The fourth-order valence-electron chi connectivity index (χ4n) is 0.914. The second kappa shape index (κ2) is 6.93. The van der Waals surface area contributed by atoms with Crippen LogP contribution in [0.3, 0.4) is 0 Å². The molecule has 0 unspecified atom stereocenters. The van der Waals surface area contributed by atoms with Crippen molar-refractivity contribution in [3.05, 3.63) is 11.1 Å². The Morgan fingerprint density at radius 2 is 2.15 bits per heavy atom. The van der Waals surface area contributed by atoms with Gasteiger partial charge in [0.1, 0.15) is 12.3 Å². The molecule has 0 aliphatic rings. The largest absolute Gasteiger partial charge is 0.476 e. The SMILES string of the molecule is O=C(Nc1nc(C(=NO)C(=O)O)cs1)OCC(Cl)(Cl)Cl. The smallest absolute Gasteiger partial charge is 0.413 e. The van der Waals surface area contributed by atoms with Crippen molar-refractivity contribution in [2.24, 2.45) is 5.16 Å². The molecule has 8 nitrogen and oxygen atoms in total. The number of amides is 1. The van der Waals surface area contributed by atoms with Crippen LogP contribution in [-0.2, 0) is 9.53 Å². The molecule has 0 saturated carbocycles. The van der Waals surface area contributed by atoms with E-state index in [9.17, 15) is 9.59 Å². The summed E-state index contributed by atoms with van der Waals surface area (Å²) < 4.78 is 2.83. The molecule has 0 atom stereocenters. The molecular formula is C8H6Cl3N3O5S. The van der Waals surface area contributed by atoms with Gasteiger partial charge in [-0.1, -0.05) is 40.0 Å². The minimum Gasteiger partial charge on any atom is -0.476 e. The summed E-state index contributed by atoms with van der Waals surface area (Å²) in [6, 6.07) is 0. The molecule has 3 N–H and O–H groups in total. The lowest BCUT2D eigenvalue weighted by Gasteiger charge is -2.10. The van der Waals surface area contributed by atoms with Crippen molar-refractivity contribution in [1.82, 2.24) is 4.98 Å². The minimum atomic E-state index is -1.74. The third-order valence-corrected chi connectivity index (χ3v) is 2.71. The molecule has 1 amide bonds. The van der Waals surface area contributed by atoms with Gasteiger partial charge in [0, 0.05) is 5.38 Å². The molecule has 0 aliphatic carbocycles. The van der Waals surface area contributed by atoms with E-state index < -0.39 is 28.2 Å². The Labute approximate surface area is 130 Å². The molecule has 0 aliphatic heterocycles. The third kappa shape index (κ3) is 5.37. The number of hydrogen-bond donors (Lipinski definition) is 3. The standard InChI is InChI=1S/C8H6Cl3N3O5S/c9-8(10,11)2-19-7(17)13-6-12-3(1-20-6)4(14-18)5(15)16/h1,18H,2H2,(H,15,16)(H,12,13,17). The average molecular weight is 363 g/mol. The van der Waals surface area contributed by atoms with Crippen molar-refractivity contribution < 1.29 is 24.6 Å². The van der Waals surface area contributed by atoms with Gasteiger partial charge in [-0.2, -0.15) is 0 Å². The van der Waals surface area contributed by atoms with Crippen LogP contribution >= 0.6 is 46.1 Å². The van der Waals surface area contributed by atoms with E-state index in [0.717, 1.165) is 11.3 Å². The first-order valence-electron chi connectivity index (χ1n) is 4.64. The average Bonchev–Trinajstić information content (AvgIpc) is 2.74. The molecule has 110 valence electrons. The maximum absolute atomic E-state index is 11.3. The molecule has 0 spiro atoms. The van der Waals surface area contributed by atoms with Gasteiger partial charge in [-0.3, -0.25) is 5.32 Å². The highest BCUT2D eigenvalue weighted by atomic mass is 35.6. The van der Waals surface area contributed by atoms with Gasteiger partial charge in [-0.15, -0.1) is 11.3 Å². The van der Waals surface area contributed by atoms with Crippen LogP contribution in [0.2, 0.25) is 0 Å². The molecule has 1 aromatic heterocycles. The molecule has 1 rings (SSSR count). The molecule has 0 aromatic carbocycles. The normalized spacial score (nSPS) is 12.1. The van der Waals surface area contributed by atoms with E-state index in [2.05, 4.69) is 20.2 Å². The van der Waals surface area contributed by atoms with Crippen LogP contribution in [0.25, 0.3) is 0 Å². The summed E-state index contributed by atoms with van der Waals surface area (Å²) in [5.74, 6) is -1.47. The molecule has 0 saturated heterocycles. The van der Waals surface area contributed by atoms with E-state index >= 15 is 0 Å². The summed E-state index contributed by atoms with van der Waals surface area (Å²) in [6.45, 7) is -0.472. The summed E-state index contributed by atoms with van der Waals surface area (Å²) >= 11 is 17.0. The van der Waals surface area contributed by atoms with Crippen molar-refractivity contribution in [3.8, 4) is 0 Å². The molecule has 1 aromatic rings. The number of oxime groups is 1. The number of nitrogens with one attached hydrogen (secondary N) is 1. The number of thiazole rings is 1. The summed E-state index contributed by atoms with van der Waals surface area (Å²) in [4.78, 5) is 25.7. The Morgan fingerprint density at radius 1 is 1.50 bits per heavy atom. The number of aliphatic carboxylic acids is 1. The van der Waals surface area contributed by atoms with Crippen LogP contribution in [0.4, 0.5) is 9.93 Å². The monoisotopic (exact) mass is 361 g/mol. The minimum absolute atomic E-state index is 0.0247. The zero-order chi connectivity index (χ0) is 15.3. The van der Waals surface area contributed by atoms with E-state index in [0.29, 0.717) is 0 Å². The van der Waals surface area contributed by atoms with Gasteiger partial charge in [0.25, 0.3) is 0 Å². The predicted molar refractivity (Wildman–Crippen MR) is 73.3 cm³/mol. The Hall–Kier alpha value is -1.29. The molecule has 0 fully saturated rings. The van der Waals surface area contributed by atoms with Crippen LogP contribution in [0.15, 0.2) is 10.5 Å². The van der Waals surface area contributed by atoms with Gasteiger partial charge in [-0.25, -0.2) is 14.6 Å². The zero-order valence-corrected chi connectivity index (χ0v) is 12.4. The van der Waals surface area contributed by atoms with Crippen LogP contribution in [0, 0.1) is 0 Å². The van der Waals surface area contributed by atoms with Gasteiger partial charge in [0.05, 0.1) is 0 Å². The summed E-state index contributed by atoms with van der Waals surface area (Å²) in [7, 11) is 0. The maximum Gasteiger partial charge on any atom is 0.413 e. The highest BCUT2D eigenvalue weighted by Gasteiger charge is 2.23. The molecule has 12 heteroatoms. The van der Waals surface area contributed by atoms with Gasteiger partial charge < -0.3 is 15.1 Å². The Kier molecular flexibility index (Phi) is 5.81. The van der Waals surface area contributed by atoms with Crippen LogP contribution in [0.1, 0.15) is 5.69 Å². The number of hydrogen-bond acceptors (Lipinski definition) is 7. The first-order valence-corrected chi connectivity index (χ1v) is 6.66. The van der Waals surface area contributed by atoms with Gasteiger partial charge >= 0.3 is 12.1 Å². The number of carbonyl (C=O) groups is 2. The zero-order valence-electron chi connectivity index (χ0n) is 9.34. The van der Waals surface area contributed by atoms with Gasteiger partial charge in [-0.05, 0) is 0 Å². The number of aromatic nitrogens is 1. The first-order chi connectivity index (χ1) is 9.23. The first kappa shape index (κ1) is 16.8. The molecular weight excluding hydrogens is 357 g/mol. The number of halogens is 3. The van der Waals surface area contributed by atoms with Crippen molar-refractivity contribution in [3.63, 3.8) is 0 Å². The van der Waals surface area contributed by atoms with E-state index in [1.165, 1.54) is 5.38 Å². The summed E-state index contributed by atoms with van der Waals surface area (Å²) in [5, 5.41) is 23.3. The number of carboxylic acid groups (broad SMARTS) is 1. The number of carboxylic acids is 1. The van der Waals surface area contributed by atoms with Crippen LogP contribution in [0.5, 0.6) is 0 Å². The summed E-state index contributed by atoms with van der Waals surface area (Å²) in [6.07, 6.45) is -0.935. The number of alkyl halides is 3. The Bertz CT molecular complexity index is 542. The predicted octanol–water partition coefficient (Wildman–Crippen LogP) is 2.32. The van der Waals surface area contributed by atoms with E-state index in [1.807, 2.05) is 0 Å². The number of anilines is 1. The highest BCUT2D eigenvalue weighted by Crippen LogP contribution is 2.26. The van der Waals surface area contributed by atoms with Crippen molar-refractivity contribution in [2.75, 3.05) is 11.9 Å². The molecule has 0 bridgehead atoms. The van der Waals surface area contributed by atoms with Crippen molar-refractivity contribution in [1.29, 1.82) is 0 Å². The quantitative estimate of drug-likeness (QED) is 0.327. The lowest BCUT2D eigenvalue weighted by molar-refractivity contribution is -0.129. The number of ether oxygens (including phenoxy) is 1. The maximum atomic E-state index is 11.3. The topological polar surface area (TPSA) is 121 Å². The second-order valence-electron chi connectivity index (χ2n) is 3.11. The molecule has 20 heavy (non-hydrogen) atoms. The lowest BCUT2D eigenvalue weighted by atomic mass is 10.3. The second-order valence-corrected chi connectivity index (χ2v) is 6.48. The fraction of sp³-hybridized carbons (Fsp3) is 0.250. The van der Waals surface area contributed by atoms with Crippen LogP contribution in [-0.4, -0.2) is 43.5 Å². The van der Waals surface area contributed by atoms with Gasteiger partial charge in [0.15, 0.2) is 5.13 Å². The lowest BCUT2D eigenvalue weighted by Crippen LogP contribution is -2.21. The Morgan fingerprint density at radius 3 is 2.65 bits per heavy atom. The van der Waals surface area contributed by atoms with Crippen LogP contribution < -0.4 is 5.32 Å². The number of rotatable bonds is 4. The summed E-state index contributed by atoms with van der Waals surface area (Å²) in [5.41, 5.74) is -0.786. The molecule has 1 heterocycles. The fourth-order valence-corrected chi connectivity index (χ4v) is 1.76. The molecule has 0 radical (unpaired) electrons.